The number of hydrogen-bond acceptors (Lipinski definition) is 6. The Hall–Kier alpha value is -3.33. The zero-order chi connectivity index (χ0) is 22.4. The lowest BCUT2D eigenvalue weighted by atomic mass is 10.2. The van der Waals surface area contributed by atoms with Crippen LogP contribution in [0.4, 0.5) is 9.52 Å². The molecule has 1 amide bonds. The van der Waals surface area contributed by atoms with Crippen LogP contribution in [0.3, 0.4) is 0 Å². The predicted octanol–water partition coefficient (Wildman–Crippen LogP) is 4.43. The highest BCUT2D eigenvalue weighted by Crippen LogP contribution is 2.30. The molecular formula is C22H25FN6OS. The van der Waals surface area contributed by atoms with Crippen molar-refractivity contribution in [3.05, 3.63) is 60.3 Å². The van der Waals surface area contributed by atoms with Gasteiger partial charge in [-0.3, -0.25) is 9.78 Å². The maximum Gasteiger partial charge on any atom is 0.222 e. The number of nitrogens with one attached hydrogen (secondary N) is 2. The van der Waals surface area contributed by atoms with E-state index < -0.39 is 0 Å². The first-order valence-electron chi connectivity index (χ1n) is 9.86. The van der Waals surface area contributed by atoms with Gasteiger partial charge in [-0.15, -0.1) is 0 Å². The third-order valence-electron chi connectivity index (χ3n) is 4.43. The summed E-state index contributed by atoms with van der Waals surface area (Å²) in [5, 5.41) is 6.77. The lowest BCUT2D eigenvalue weighted by Crippen LogP contribution is -2.30. The number of allylic oxidation sites excluding steroid dienone is 1. The smallest absolute Gasteiger partial charge is 0.222 e. The van der Waals surface area contributed by atoms with E-state index in [4.69, 9.17) is 0 Å². The largest absolute Gasteiger partial charge is 0.354 e. The summed E-state index contributed by atoms with van der Waals surface area (Å²) in [5.74, 6) is -0.419. The van der Waals surface area contributed by atoms with Crippen molar-refractivity contribution in [2.24, 2.45) is 5.92 Å². The number of hydrogen-bond donors (Lipinski definition) is 2. The van der Waals surface area contributed by atoms with Crippen molar-refractivity contribution in [2.45, 2.75) is 27.3 Å². The van der Waals surface area contributed by atoms with E-state index in [1.807, 2.05) is 31.4 Å². The van der Waals surface area contributed by atoms with Crippen molar-refractivity contribution < 1.29 is 9.18 Å². The summed E-state index contributed by atoms with van der Waals surface area (Å²) in [4.78, 5) is 25.2. The first-order chi connectivity index (χ1) is 14.9. The van der Waals surface area contributed by atoms with Gasteiger partial charge in [0.25, 0.3) is 0 Å². The van der Waals surface area contributed by atoms with Crippen molar-refractivity contribution in [3.8, 4) is 10.6 Å². The number of thiazole rings is 1. The van der Waals surface area contributed by atoms with E-state index in [2.05, 4.69) is 32.2 Å². The van der Waals surface area contributed by atoms with Gasteiger partial charge in [0.2, 0.25) is 5.91 Å². The van der Waals surface area contributed by atoms with Gasteiger partial charge in [0.15, 0.2) is 5.13 Å². The Morgan fingerprint density at radius 3 is 2.87 bits per heavy atom. The van der Waals surface area contributed by atoms with Crippen LogP contribution in [0.25, 0.3) is 22.7 Å². The summed E-state index contributed by atoms with van der Waals surface area (Å²) in [5.41, 5.74) is 2.72. The van der Waals surface area contributed by atoms with E-state index in [0.717, 1.165) is 17.1 Å². The lowest BCUT2D eigenvalue weighted by molar-refractivity contribution is -0.124. The van der Waals surface area contributed by atoms with Gasteiger partial charge in [-0.05, 0) is 31.2 Å². The Bertz CT molecular complexity index is 1100. The lowest BCUT2D eigenvalue weighted by Gasteiger charge is -2.10. The maximum atomic E-state index is 14.0. The molecule has 3 rings (SSSR count). The molecule has 0 fully saturated rings. The van der Waals surface area contributed by atoms with Crippen molar-refractivity contribution in [2.75, 3.05) is 11.9 Å². The molecule has 9 heteroatoms. The highest BCUT2D eigenvalue weighted by molar-refractivity contribution is 7.18. The third-order valence-corrected chi connectivity index (χ3v) is 5.35. The molecule has 0 spiro atoms. The van der Waals surface area contributed by atoms with Crippen LogP contribution in [-0.4, -0.2) is 32.0 Å². The van der Waals surface area contributed by atoms with Crippen LogP contribution in [0.2, 0.25) is 0 Å². The van der Waals surface area contributed by atoms with Gasteiger partial charge in [-0.1, -0.05) is 31.8 Å². The number of nitrogens with zero attached hydrogens (tertiary/aromatic N) is 4. The maximum absolute atomic E-state index is 14.0. The number of aromatic nitrogens is 4. The van der Waals surface area contributed by atoms with Gasteiger partial charge in [0, 0.05) is 37.1 Å². The number of carbonyl (C=O) groups excluding carboxylic acids is 1. The monoisotopic (exact) mass is 440 g/mol. The minimum absolute atomic E-state index is 0.0166. The Balaban J connectivity index is 1.73. The van der Waals surface area contributed by atoms with Crippen molar-refractivity contribution in [1.29, 1.82) is 0 Å². The molecule has 7 nitrogen and oxygen atoms in total. The molecule has 162 valence electrons. The van der Waals surface area contributed by atoms with Gasteiger partial charge in [-0.25, -0.2) is 14.4 Å². The molecule has 0 saturated heterocycles. The molecule has 0 aliphatic carbocycles. The fraction of sp³-hybridized carbons (Fsp3) is 0.273. The molecule has 0 bridgehead atoms. The summed E-state index contributed by atoms with van der Waals surface area (Å²) < 4.78 is 15.9. The molecule has 2 N–H and O–H groups in total. The van der Waals surface area contributed by atoms with Gasteiger partial charge in [-0.2, -0.15) is 0 Å². The second-order valence-electron chi connectivity index (χ2n) is 7.17. The summed E-state index contributed by atoms with van der Waals surface area (Å²) in [7, 11) is 0. The van der Waals surface area contributed by atoms with Crippen LogP contribution < -0.4 is 10.6 Å². The van der Waals surface area contributed by atoms with Gasteiger partial charge in [0.1, 0.15) is 11.5 Å². The van der Waals surface area contributed by atoms with E-state index in [1.165, 1.54) is 17.4 Å². The minimum atomic E-state index is -0.381. The quantitative estimate of drug-likeness (QED) is 0.514. The van der Waals surface area contributed by atoms with Crippen molar-refractivity contribution in [3.63, 3.8) is 0 Å². The summed E-state index contributed by atoms with van der Waals surface area (Å²) in [6.45, 7) is 10.5. The molecular weight excluding hydrogens is 415 g/mol. The molecule has 0 radical (unpaired) electrons. The zero-order valence-electron chi connectivity index (χ0n) is 17.7. The molecule has 0 aromatic carbocycles. The van der Waals surface area contributed by atoms with Crippen LogP contribution in [0, 0.1) is 11.7 Å². The molecule has 0 aliphatic heterocycles. The Morgan fingerprint density at radius 2 is 2.16 bits per heavy atom. The third kappa shape index (κ3) is 5.64. The standard InChI is InChI=1S/C22H25FN6OS/c1-5-17-18(29(13-27-17)10-9-25-21(30)14(2)3)11-15(4)28-22-26-12-19(31-22)20-16(23)7-6-8-24-20/h5-8,11-14H,1,9-10H2,2-4H3,(H,25,30)(H,26,28)/b15-11+. The molecule has 3 aromatic heterocycles. The van der Waals surface area contributed by atoms with E-state index in [0.29, 0.717) is 23.1 Å². The van der Waals surface area contributed by atoms with Crippen molar-refractivity contribution >= 4 is 34.5 Å². The Morgan fingerprint density at radius 1 is 1.35 bits per heavy atom. The molecule has 0 aliphatic rings. The second-order valence-corrected chi connectivity index (χ2v) is 8.20. The van der Waals surface area contributed by atoms with E-state index in [9.17, 15) is 9.18 Å². The Labute approximate surface area is 184 Å². The summed E-state index contributed by atoms with van der Waals surface area (Å²) >= 11 is 1.32. The highest BCUT2D eigenvalue weighted by atomic mass is 32.1. The number of rotatable bonds is 9. The topological polar surface area (TPSA) is 84.7 Å². The SMILES string of the molecule is C=Cc1ncn(CCNC(=O)C(C)C)c1/C=C(\C)Nc1ncc(-c2ncccc2F)s1. The van der Waals surface area contributed by atoms with Crippen LogP contribution >= 0.6 is 11.3 Å². The van der Waals surface area contributed by atoms with E-state index in [-0.39, 0.29) is 23.3 Å². The minimum Gasteiger partial charge on any atom is -0.354 e. The first-order valence-corrected chi connectivity index (χ1v) is 10.7. The normalized spacial score (nSPS) is 11.6. The van der Waals surface area contributed by atoms with Crippen LogP contribution in [0.1, 0.15) is 32.2 Å². The first kappa shape index (κ1) is 22.4. The molecule has 31 heavy (non-hydrogen) atoms. The number of imidazole rings is 1. The van der Waals surface area contributed by atoms with E-state index >= 15 is 0 Å². The number of carbonyl (C=O) groups is 1. The second kappa shape index (κ2) is 10.1. The number of anilines is 1. The van der Waals surface area contributed by atoms with E-state index in [1.54, 1.807) is 30.9 Å². The molecule has 3 aromatic rings. The average molecular weight is 441 g/mol. The molecule has 0 unspecified atom stereocenters. The fourth-order valence-electron chi connectivity index (χ4n) is 2.82. The fourth-order valence-corrected chi connectivity index (χ4v) is 3.70. The van der Waals surface area contributed by atoms with Gasteiger partial charge < -0.3 is 15.2 Å². The average Bonchev–Trinajstić information content (AvgIpc) is 3.35. The van der Waals surface area contributed by atoms with Crippen LogP contribution in [0.5, 0.6) is 0 Å². The predicted molar refractivity (Wildman–Crippen MR) is 123 cm³/mol. The molecule has 0 atom stereocenters. The highest BCUT2D eigenvalue weighted by Gasteiger charge is 2.12. The van der Waals surface area contributed by atoms with Crippen LogP contribution in [-0.2, 0) is 11.3 Å². The zero-order valence-corrected chi connectivity index (χ0v) is 18.5. The molecule has 0 saturated carbocycles. The summed E-state index contributed by atoms with van der Waals surface area (Å²) in [6, 6.07) is 2.93. The summed E-state index contributed by atoms with van der Waals surface area (Å²) in [6.07, 6.45) is 8.51. The number of amides is 1. The van der Waals surface area contributed by atoms with Gasteiger partial charge in [0.05, 0.1) is 22.6 Å². The Kier molecular flexibility index (Phi) is 7.30. The number of halogens is 1. The van der Waals surface area contributed by atoms with Crippen molar-refractivity contribution in [1.82, 2.24) is 24.8 Å². The number of pyridine rings is 1. The molecule has 3 heterocycles. The van der Waals surface area contributed by atoms with Gasteiger partial charge >= 0.3 is 0 Å². The van der Waals surface area contributed by atoms with Crippen LogP contribution in [0.15, 0.2) is 43.1 Å².